The average molecular weight is 312 g/mol. The van der Waals surface area contributed by atoms with E-state index in [4.69, 9.17) is 4.42 Å². The highest BCUT2D eigenvalue weighted by molar-refractivity contribution is 9.10. The van der Waals surface area contributed by atoms with E-state index in [2.05, 4.69) is 35.1 Å². The highest BCUT2D eigenvalue weighted by Gasteiger charge is 2.11. The van der Waals surface area contributed by atoms with E-state index in [0.717, 1.165) is 5.76 Å². The van der Waals surface area contributed by atoms with E-state index in [1.165, 1.54) is 0 Å². The van der Waals surface area contributed by atoms with Crippen LogP contribution < -0.4 is 5.32 Å². The Hall–Kier alpha value is -1.13. The van der Waals surface area contributed by atoms with E-state index in [1.807, 2.05) is 6.07 Å². The minimum Gasteiger partial charge on any atom is -0.460 e. The van der Waals surface area contributed by atoms with Gasteiger partial charge in [0.25, 0.3) is 0 Å². The van der Waals surface area contributed by atoms with Crippen LogP contribution in [0.25, 0.3) is 11.3 Å². The predicted octanol–water partition coefficient (Wildman–Crippen LogP) is 4.35. The van der Waals surface area contributed by atoms with Gasteiger partial charge in [-0.25, -0.2) is 4.39 Å². The molecule has 0 atom stereocenters. The molecule has 1 heterocycles. The van der Waals surface area contributed by atoms with Crippen LogP contribution in [0.2, 0.25) is 0 Å². The molecule has 96 valence electrons. The summed E-state index contributed by atoms with van der Waals surface area (Å²) in [6.45, 7) is 4.78. The van der Waals surface area contributed by atoms with Gasteiger partial charge in [-0.15, -0.1) is 0 Å². The van der Waals surface area contributed by atoms with E-state index < -0.39 is 0 Å². The summed E-state index contributed by atoms with van der Waals surface area (Å²) in [5.41, 5.74) is 0.472. The molecule has 0 aliphatic carbocycles. The summed E-state index contributed by atoms with van der Waals surface area (Å²) >= 11 is 3.17. The Labute approximate surface area is 114 Å². The molecular weight excluding hydrogens is 297 g/mol. The molecule has 0 aliphatic heterocycles. The molecule has 0 fully saturated rings. The van der Waals surface area contributed by atoms with Gasteiger partial charge in [-0.3, -0.25) is 0 Å². The van der Waals surface area contributed by atoms with Crippen molar-refractivity contribution in [2.24, 2.45) is 0 Å². The SMILES string of the molecule is CC(C)NCc1ccc(-c2cccc(Br)c2F)o1. The van der Waals surface area contributed by atoms with Gasteiger partial charge in [0.2, 0.25) is 0 Å². The summed E-state index contributed by atoms with van der Waals surface area (Å²) in [5, 5.41) is 3.26. The normalized spacial score (nSPS) is 11.2. The van der Waals surface area contributed by atoms with E-state index >= 15 is 0 Å². The lowest BCUT2D eigenvalue weighted by Gasteiger charge is -2.05. The van der Waals surface area contributed by atoms with Crippen LogP contribution in [0, 0.1) is 5.82 Å². The zero-order chi connectivity index (χ0) is 13.1. The molecule has 18 heavy (non-hydrogen) atoms. The highest BCUT2D eigenvalue weighted by Crippen LogP contribution is 2.29. The van der Waals surface area contributed by atoms with E-state index in [0.29, 0.717) is 28.4 Å². The topological polar surface area (TPSA) is 25.2 Å². The summed E-state index contributed by atoms with van der Waals surface area (Å²) in [5.74, 6) is 1.06. The van der Waals surface area contributed by atoms with Crippen molar-refractivity contribution in [3.8, 4) is 11.3 Å². The molecule has 2 nitrogen and oxygen atoms in total. The van der Waals surface area contributed by atoms with Crippen molar-refractivity contribution in [3.05, 3.63) is 46.4 Å². The third kappa shape index (κ3) is 3.00. The van der Waals surface area contributed by atoms with E-state index in [9.17, 15) is 4.39 Å². The number of furan rings is 1. The Bertz CT molecular complexity index is 536. The first-order valence-electron chi connectivity index (χ1n) is 5.84. The number of hydrogen-bond donors (Lipinski definition) is 1. The first-order valence-corrected chi connectivity index (χ1v) is 6.63. The summed E-state index contributed by atoms with van der Waals surface area (Å²) < 4.78 is 20.0. The molecule has 0 radical (unpaired) electrons. The van der Waals surface area contributed by atoms with Gasteiger partial charge in [-0.1, -0.05) is 19.9 Å². The van der Waals surface area contributed by atoms with Crippen LogP contribution in [0.3, 0.4) is 0 Å². The number of hydrogen-bond acceptors (Lipinski definition) is 2. The minimum absolute atomic E-state index is 0.296. The number of nitrogens with one attached hydrogen (secondary N) is 1. The van der Waals surface area contributed by atoms with Crippen molar-refractivity contribution < 1.29 is 8.81 Å². The molecule has 0 saturated heterocycles. The molecule has 2 rings (SSSR count). The average Bonchev–Trinajstić information content (AvgIpc) is 2.78. The van der Waals surface area contributed by atoms with Gasteiger partial charge in [0.15, 0.2) is 0 Å². The third-order valence-corrected chi connectivity index (χ3v) is 3.18. The van der Waals surface area contributed by atoms with Crippen LogP contribution in [0.4, 0.5) is 4.39 Å². The molecule has 0 amide bonds. The van der Waals surface area contributed by atoms with Gasteiger partial charge in [-0.05, 0) is 40.2 Å². The Morgan fingerprint density at radius 1 is 1.28 bits per heavy atom. The quantitative estimate of drug-likeness (QED) is 0.908. The van der Waals surface area contributed by atoms with Crippen LogP contribution >= 0.6 is 15.9 Å². The molecular formula is C14H15BrFNO. The first kappa shape index (κ1) is 13.3. The zero-order valence-corrected chi connectivity index (χ0v) is 11.9. The van der Waals surface area contributed by atoms with Gasteiger partial charge >= 0.3 is 0 Å². The van der Waals surface area contributed by atoms with Gasteiger partial charge in [0.1, 0.15) is 17.3 Å². The molecule has 4 heteroatoms. The van der Waals surface area contributed by atoms with E-state index in [-0.39, 0.29) is 5.82 Å². The second-order valence-electron chi connectivity index (χ2n) is 4.40. The fourth-order valence-corrected chi connectivity index (χ4v) is 1.98. The van der Waals surface area contributed by atoms with Crippen molar-refractivity contribution >= 4 is 15.9 Å². The lowest BCUT2D eigenvalue weighted by molar-refractivity contribution is 0.471. The summed E-state index contributed by atoms with van der Waals surface area (Å²) in [7, 11) is 0. The summed E-state index contributed by atoms with van der Waals surface area (Å²) in [4.78, 5) is 0. The van der Waals surface area contributed by atoms with Gasteiger partial charge < -0.3 is 9.73 Å². The van der Waals surface area contributed by atoms with Crippen molar-refractivity contribution in [1.29, 1.82) is 0 Å². The fraction of sp³-hybridized carbons (Fsp3) is 0.286. The molecule has 0 unspecified atom stereocenters. The van der Waals surface area contributed by atoms with Crippen LogP contribution in [0.1, 0.15) is 19.6 Å². The van der Waals surface area contributed by atoms with Crippen LogP contribution in [-0.4, -0.2) is 6.04 Å². The Morgan fingerprint density at radius 2 is 2.06 bits per heavy atom. The summed E-state index contributed by atoms with van der Waals surface area (Å²) in [6.07, 6.45) is 0. The monoisotopic (exact) mass is 311 g/mol. The lowest BCUT2D eigenvalue weighted by atomic mass is 10.1. The van der Waals surface area contributed by atoms with Crippen molar-refractivity contribution in [3.63, 3.8) is 0 Å². The zero-order valence-electron chi connectivity index (χ0n) is 10.3. The van der Waals surface area contributed by atoms with Crippen molar-refractivity contribution in [2.75, 3.05) is 0 Å². The van der Waals surface area contributed by atoms with Gasteiger partial charge in [0.05, 0.1) is 16.6 Å². The van der Waals surface area contributed by atoms with Crippen molar-refractivity contribution in [1.82, 2.24) is 5.32 Å². The molecule has 0 saturated carbocycles. The molecule has 0 spiro atoms. The third-order valence-electron chi connectivity index (χ3n) is 2.56. The largest absolute Gasteiger partial charge is 0.460 e. The number of halogens is 2. The number of rotatable bonds is 4. The Kier molecular flexibility index (Phi) is 4.19. The second kappa shape index (κ2) is 5.67. The van der Waals surface area contributed by atoms with Gasteiger partial charge in [0, 0.05) is 6.04 Å². The first-order chi connectivity index (χ1) is 8.58. The van der Waals surface area contributed by atoms with Crippen LogP contribution in [0.15, 0.2) is 39.2 Å². The standard InChI is InChI=1S/C14H15BrFNO/c1-9(2)17-8-10-6-7-13(18-10)11-4-3-5-12(15)14(11)16/h3-7,9,17H,8H2,1-2H3. The summed E-state index contributed by atoms with van der Waals surface area (Å²) in [6, 6.07) is 9.22. The Morgan fingerprint density at radius 3 is 2.78 bits per heavy atom. The number of benzene rings is 1. The van der Waals surface area contributed by atoms with E-state index in [1.54, 1.807) is 24.3 Å². The molecule has 1 aromatic carbocycles. The maximum absolute atomic E-state index is 13.9. The highest BCUT2D eigenvalue weighted by atomic mass is 79.9. The predicted molar refractivity (Wildman–Crippen MR) is 73.8 cm³/mol. The lowest BCUT2D eigenvalue weighted by Crippen LogP contribution is -2.21. The maximum atomic E-state index is 13.9. The van der Waals surface area contributed by atoms with Crippen LogP contribution in [0.5, 0.6) is 0 Å². The fourth-order valence-electron chi connectivity index (χ4n) is 1.62. The molecule has 0 bridgehead atoms. The van der Waals surface area contributed by atoms with Crippen LogP contribution in [-0.2, 0) is 6.54 Å². The molecule has 2 aromatic rings. The molecule has 1 N–H and O–H groups in total. The van der Waals surface area contributed by atoms with Gasteiger partial charge in [-0.2, -0.15) is 0 Å². The minimum atomic E-state index is -0.296. The molecule has 0 aliphatic rings. The van der Waals surface area contributed by atoms with Crippen molar-refractivity contribution in [2.45, 2.75) is 26.4 Å². The molecule has 1 aromatic heterocycles. The maximum Gasteiger partial charge on any atom is 0.148 e. The Balaban J connectivity index is 2.21. The second-order valence-corrected chi connectivity index (χ2v) is 5.26. The smallest absolute Gasteiger partial charge is 0.148 e.